The predicted molar refractivity (Wildman–Crippen MR) is 90.5 cm³/mol. The molecular weight excluding hydrogens is 277 g/mol. The lowest BCUT2D eigenvalue weighted by molar-refractivity contribution is 0.00578. The summed E-state index contributed by atoms with van der Waals surface area (Å²) in [7, 11) is -0.398. The van der Waals surface area contributed by atoms with E-state index in [9.17, 15) is 0 Å². The zero-order valence-electron chi connectivity index (χ0n) is 14.7. The van der Waals surface area contributed by atoms with Crippen LogP contribution in [0.3, 0.4) is 0 Å². The van der Waals surface area contributed by atoms with E-state index in [2.05, 4.69) is 28.7 Å². The van der Waals surface area contributed by atoms with Gasteiger partial charge in [0.15, 0.2) is 0 Å². The third-order valence-corrected chi connectivity index (χ3v) is 4.63. The first-order chi connectivity index (χ1) is 10.3. The van der Waals surface area contributed by atoms with E-state index in [-0.39, 0.29) is 11.2 Å². The number of hydrogen-bond donors (Lipinski definition) is 0. The van der Waals surface area contributed by atoms with Crippen LogP contribution in [0.1, 0.15) is 54.4 Å². The van der Waals surface area contributed by atoms with Gasteiger partial charge in [0.05, 0.1) is 11.2 Å². The van der Waals surface area contributed by atoms with E-state index < -0.39 is 7.12 Å². The van der Waals surface area contributed by atoms with Crippen molar-refractivity contribution in [2.75, 3.05) is 18.0 Å². The fourth-order valence-corrected chi connectivity index (χ4v) is 2.34. The summed E-state index contributed by atoms with van der Waals surface area (Å²) >= 11 is 0. The Morgan fingerprint density at radius 1 is 1.05 bits per heavy atom. The van der Waals surface area contributed by atoms with Crippen molar-refractivity contribution in [3.8, 4) is 0 Å². The van der Waals surface area contributed by atoms with Gasteiger partial charge in [-0.3, -0.25) is 0 Å². The molecule has 1 aromatic rings. The molecule has 0 radical (unpaired) electrons. The molecule has 0 N–H and O–H groups in total. The van der Waals surface area contributed by atoms with Crippen LogP contribution in [0.5, 0.6) is 0 Å². The van der Waals surface area contributed by atoms with Gasteiger partial charge in [0.1, 0.15) is 0 Å². The normalized spacial score (nSPS) is 19.5. The fourth-order valence-electron chi connectivity index (χ4n) is 2.34. The molecule has 22 heavy (non-hydrogen) atoms. The maximum absolute atomic E-state index is 6.03. The second kappa shape index (κ2) is 6.55. The second-order valence-corrected chi connectivity index (χ2v) is 6.84. The van der Waals surface area contributed by atoms with Crippen LogP contribution in [0.4, 0.5) is 5.95 Å². The standard InChI is InChI=1S/C16H28BN3O2/c1-7-9-10-20(8-2)14-18-11-13(12-19-14)17-21-15(3,4)16(5,6)22-17/h11-12H,7-10H2,1-6H3. The van der Waals surface area contributed by atoms with E-state index in [1.165, 1.54) is 6.42 Å². The van der Waals surface area contributed by atoms with Gasteiger partial charge in [-0.1, -0.05) is 13.3 Å². The van der Waals surface area contributed by atoms with Gasteiger partial charge < -0.3 is 14.2 Å². The maximum Gasteiger partial charge on any atom is 0.498 e. The van der Waals surface area contributed by atoms with Crippen LogP contribution in [-0.4, -0.2) is 41.4 Å². The average molecular weight is 305 g/mol. The highest BCUT2D eigenvalue weighted by atomic mass is 16.7. The van der Waals surface area contributed by atoms with Crippen LogP contribution < -0.4 is 10.4 Å². The van der Waals surface area contributed by atoms with Gasteiger partial charge in [-0.05, 0) is 41.0 Å². The minimum Gasteiger partial charge on any atom is -0.399 e. The van der Waals surface area contributed by atoms with Gasteiger partial charge in [0, 0.05) is 30.9 Å². The smallest absolute Gasteiger partial charge is 0.399 e. The summed E-state index contributed by atoms with van der Waals surface area (Å²) < 4.78 is 12.1. The summed E-state index contributed by atoms with van der Waals surface area (Å²) in [5.41, 5.74) is 0.189. The molecule has 0 spiro atoms. The molecule has 0 bridgehead atoms. The third kappa shape index (κ3) is 3.44. The Morgan fingerprint density at radius 3 is 2.05 bits per heavy atom. The number of nitrogens with zero attached hydrogens (tertiary/aromatic N) is 3. The van der Waals surface area contributed by atoms with Crippen LogP contribution >= 0.6 is 0 Å². The lowest BCUT2D eigenvalue weighted by Gasteiger charge is -2.32. The molecule has 2 rings (SSSR count). The predicted octanol–water partition coefficient (Wildman–Crippen LogP) is 2.40. The minimum atomic E-state index is -0.398. The molecule has 0 saturated carbocycles. The third-order valence-electron chi connectivity index (χ3n) is 4.63. The Bertz CT molecular complexity index is 475. The molecule has 122 valence electrons. The van der Waals surface area contributed by atoms with Gasteiger partial charge in [-0.25, -0.2) is 9.97 Å². The molecule has 1 saturated heterocycles. The van der Waals surface area contributed by atoms with E-state index in [4.69, 9.17) is 9.31 Å². The Balaban J connectivity index is 2.09. The first-order valence-electron chi connectivity index (χ1n) is 8.23. The van der Waals surface area contributed by atoms with E-state index in [0.717, 1.165) is 30.9 Å². The molecule has 1 aromatic heterocycles. The van der Waals surface area contributed by atoms with Gasteiger partial charge in [0.25, 0.3) is 0 Å². The highest BCUT2D eigenvalue weighted by molar-refractivity contribution is 6.61. The number of hydrogen-bond acceptors (Lipinski definition) is 5. The summed E-state index contributed by atoms with van der Waals surface area (Å²) in [4.78, 5) is 11.2. The van der Waals surface area contributed by atoms with Crippen molar-refractivity contribution < 1.29 is 9.31 Å². The summed E-state index contributed by atoms with van der Waals surface area (Å²) in [6, 6.07) is 0. The molecule has 5 nitrogen and oxygen atoms in total. The first kappa shape index (κ1) is 17.2. The second-order valence-electron chi connectivity index (χ2n) is 6.84. The zero-order valence-corrected chi connectivity index (χ0v) is 14.7. The Kier molecular flexibility index (Phi) is 5.12. The van der Waals surface area contributed by atoms with Crippen molar-refractivity contribution >= 4 is 18.5 Å². The summed E-state index contributed by atoms with van der Waals surface area (Å²) in [5.74, 6) is 0.774. The summed E-state index contributed by atoms with van der Waals surface area (Å²) in [6.07, 6.45) is 5.96. The first-order valence-corrected chi connectivity index (χ1v) is 8.23. The van der Waals surface area contributed by atoms with Crippen LogP contribution in [0.25, 0.3) is 0 Å². The number of unbranched alkanes of at least 4 members (excludes halogenated alkanes) is 1. The largest absolute Gasteiger partial charge is 0.498 e. The summed E-state index contributed by atoms with van der Waals surface area (Å²) in [5, 5.41) is 0. The molecule has 2 heterocycles. The van der Waals surface area contributed by atoms with Crippen molar-refractivity contribution in [1.82, 2.24) is 9.97 Å². The minimum absolute atomic E-state index is 0.340. The van der Waals surface area contributed by atoms with Gasteiger partial charge in [-0.15, -0.1) is 0 Å². The maximum atomic E-state index is 6.03. The van der Waals surface area contributed by atoms with E-state index >= 15 is 0 Å². The van der Waals surface area contributed by atoms with Crippen molar-refractivity contribution in [3.05, 3.63) is 12.4 Å². The monoisotopic (exact) mass is 305 g/mol. The molecule has 0 aromatic carbocycles. The quantitative estimate of drug-likeness (QED) is 0.755. The van der Waals surface area contributed by atoms with Crippen LogP contribution in [0.15, 0.2) is 12.4 Å². The highest BCUT2D eigenvalue weighted by Gasteiger charge is 2.51. The van der Waals surface area contributed by atoms with Crippen LogP contribution in [0, 0.1) is 0 Å². The Labute approximate surface area is 134 Å². The van der Waals surface area contributed by atoms with Gasteiger partial charge in [0.2, 0.25) is 5.95 Å². The van der Waals surface area contributed by atoms with Crippen LogP contribution in [0.2, 0.25) is 0 Å². The fraction of sp³-hybridized carbons (Fsp3) is 0.750. The molecule has 6 heteroatoms. The van der Waals surface area contributed by atoms with Crippen molar-refractivity contribution in [2.45, 2.75) is 65.6 Å². The molecule has 0 amide bonds. The Morgan fingerprint density at radius 2 is 1.59 bits per heavy atom. The SMILES string of the molecule is CCCCN(CC)c1ncc(B2OC(C)(C)C(C)(C)O2)cn1. The molecule has 0 atom stereocenters. The lowest BCUT2D eigenvalue weighted by Crippen LogP contribution is -2.41. The van der Waals surface area contributed by atoms with E-state index in [1.807, 2.05) is 40.1 Å². The van der Waals surface area contributed by atoms with Gasteiger partial charge in [-0.2, -0.15) is 0 Å². The lowest BCUT2D eigenvalue weighted by atomic mass is 9.81. The average Bonchev–Trinajstić information content (AvgIpc) is 2.69. The number of rotatable bonds is 6. The molecule has 1 fully saturated rings. The molecule has 0 aliphatic carbocycles. The van der Waals surface area contributed by atoms with Crippen LogP contribution in [-0.2, 0) is 9.31 Å². The number of anilines is 1. The molecular formula is C16H28BN3O2. The Hall–Kier alpha value is -1.14. The van der Waals surface area contributed by atoms with Crippen molar-refractivity contribution in [2.24, 2.45) is 0 Å². The number of aromatic nitrogens is 2. The van der Waals surface area contributed by atoms with Crippen molar-refractivity contribution in [3.63, 3.8) is 0 Å². The van der Waals surface area contributed by atoms with E-state index in [0.29, 0.717) is 0 Å². The summed E-state index contributed by atoms with van der Waals surface area (Å²) in [6.45, 7) is 14.4. The highest BCUT2D eigenvalue weighted by Crippen LogP contribution is 2.36. The molecule has 0 unspecified atom stereocenters. The van der Waals surface area contributed by atoms with Gasteiger partial charge >= 0.3 is 7.12 Å². The van der Waals surface area contributed by atoms with E-state index in [1.54, 1.807) is 0 Å². The molecule has 1 aliphatic rings. The van der Waals surface area contributed by atoms with Crippen molar-refractivity contribution in [1.29, 1.82) is 0 Å². The zero-order chi connectivity index (χ0) is 16.4. The topological polar surface area (TPSA) is 47.5 Å². The molecule has 1 aliphatic heterocycles.